The fourth-order valence-corrected chi connectivity index (χ4v) is 5.48. The number of para-hydroxylation sites is 1. The van der Waals surface area contributed by atoms with E-state index in [0.717, 1.165) is 15.2 Å². The molecule has 5 rings (SSSR count). The minimum Gasteiger partial charge on any atom is -1.00 e. The Kier molecular flexibility index (Phi) is 7.59. The first kappa shape index (κ1) is 26.7. The molecule has 0 amide bonds. The summed E-state index contributed by atoms with van der Waals surface area (Å²) in [6.07, 6.45) is 1.48. The molecule has 12 heteroatoms. The number of aliphatic hydroxyl groups is 3. The highest BCUT2D eigenvalue weighted by Crippen LogP contribution is 2.38. The van der Waals surface area contributed by atoms with Gasteiger partial charge in [-0.15, -0.1) is 11.3 Å². The van der Waals surface area contributed by atoms with Gasteiger partial charge in [-0.3, -0.25) is 0 Å². The number of halogens is 1. The molecule has 0 unspecified atom stereocenters. The van der Waals surface area contributed by atoms with Crippen molar-refractivity contribution in [1.29, 1.82) is 5.26 Å². The number of benzene rings is 1. The summed E-state index contributed by atoms with van der Waals surface area (Å²) >= 11 is 1.52. The number of anilines is 3. The van der Waals surface area contributed by atoms with Crippen LogP contribution in [0.5, 0.6) is 0 Å². The van der Waals surface area contributed by atoms with Crippen LogP contribution in [-0.4, -0.2) is 54.1 Å². The lowest BCUT2D eigenvalue weighted by Crippen LogP contribution is -3.00. The number of pyridine rings is 1. The number of rotatable bonds is 6. The van der Waals surface area contributed by atoms with E-state index in [2.05, 4.69) is 20.6 Å². The van der Waals surface area contributed by atoms with Gasteiger partial charge in [0.2, 0.25) is 5.82 Å². The third-order valence-electron chi connectivity index (χ3n) is 6.41. The van der Waals surface area contributed by atoms with E-state index in [1.807, 2.05) is 30.3 Å². The molecule has 192 valence electrons. The van der Waals surface area contributed by atoms with Gasteiger partial charge >= 0.3 is 5.95 Å². The lowest BCUT2D eigenvalue weighted by Gasteiger charge is -2.28. The summed E-state index contributed by atoms with van der Waals surface area (Å²) < 4.78 is 1.03. The highest BCUT2D eigenvalue weighted by atomic mass is 35.5. The normalized spacial score (nSPS) is 21.3. The molecular formula is C25H26ClN7O3S. The predicted molar refractivity (Wildman–Crippen MR) is 135 cm³/mol. The van der Waals surface area contributed by atoms with Crippen LogP contribution in [0.4, 0.5) is 17.5 Å². The molecule has 4 aromatic rings. The van der Waals surface area contributed by atoms with Crippen LogP contribution in [0, 0.1) is 17.2 Å². The molecule has 1 aliphatic carbocycles. The lowest BCUT2D eigenvalue weighted by atomic mass is 9.88. The molecule has 10 nitrogen and oxygen atoms in total. The van der Waals surface area contributed by atoms with Gasteiger partial charge < -0.3 is 33.0 Å². The van der Waals surface area contributed by atoms with Crippen molar-refractivity contribution in [2.45, 2.75) is 44.1 Å². The van der Waals surface area contributed by atoms with Crippen LogP contribution in [0.15, 0.2) is 48.8 Å². The Morgan fingerprint density at radius 3 is 2.65 bits per heavy atom. The Labute approximate surface area is 223 Å². The largest absolute Gasteiger partial charge is 1.00 e. The quantitative estimate of drug-likeness (QED) is 0.217. The molecule has 0 saturated heterocycles. The van der Waals surface area contributed by atoms with Crippen LogP contribution < -0.4 is 28.0 Å². The van der Waals surface area contributed by atoms with E-state index in [9.17, 15) is 15.3 Å². The van der Waals surface area contributed by atoms with Crippen molar-refractivity contribution in [3.05, 3.63) is 54.5 Å². The molecule has 3 heterocycles. The van der Waals surface area contributed by atoms with Crippen molar-refractivity contribution in [2.24, 2.45) is 5.92 Å². The fraction of sp³-hybridized carbons (Fsp3) is 0.320. The Balaban J connectivity index is 0.00000320. The smallest absolute Gasteiger partial charge is 0.396 e. The molecule has 0 radical (unpaired) electrons. The maximum absolute atomic E-state index is 10.8. The molecule has 0 spiro atoms. The van der Waals surface area contributed by atoms with Crippen molar-refractivity contribution in [2.75, 3.05) is 10.6 Å². The van der Waals surface area contributed by atoms with Gasteiger partial charge in [0, 0.05) is 18.2 Å². The summed E-state index contributed by atoms with van der Waals surface area (Å²) in [6.45, 7) is 3.26. The first-order valence-corrected chi connectivity index (χ1v) is 12.3. The van der Waals surface area contributed by atoms with Gasteiger partial charge in [0.1, 0.15) is 34.1 Å². The molecule has 0 aliphatic heterocycles. The highest BCUT2D eigenvalue weighted by Gasteiger charge is 2.48. The molecule has 1 fully saturated rings. The van der Waals surface area contributed by atoms with E-state index in [1.165, 1.54) is 17.5 Å². The summed E-state index contributed by atoms with van der Waals surface area (Å²) in [5.74, 6) is 0.340. The molecule has 37 heavy (non-hydrogen) atoms. The zero-order valence-electron chi connectivity index (χ0n) is 20.1. The average Bonchev–Trinajstić information content (AvgIpc) is 3.41. The number of nitriles is 1. The number of nitrogens with one attached hydrogen (secondary N) is 3. The molecule has 3 aromatic heterocycles. The van der Waals surface area contributed by atoms with Crippen LogP contribution in [0.25, 0.3) is 20.8 Å². The van der Waals surface area contributed by atoms with Gasteiger partial charge in [-0.25, -0.2) is 20.3 Å². The first-order chi connectivity index (χ1) is 17.2. The molecule has 4 atom stereocenters. The highest BCUT2D eigenvalue weighted by molar-refractivity contribution is 7.21. The first-order valence-electron chi connectivity index (χ1n) is 11.5. The van der Waals surface area contributed by atoms with Crippen molar-refractivity contribution in [1.82, 2.24) is 15.0 Å². The number of thiazole rings is 1. The van der Waals surface area contributed by atoms with Crippen LogP contribution in [-0.2, 0) is 0 Å². The van der Waals surface area contributed by atoms with Crippen molar-refractivity contribution in [3.63, 3.8) is 0 Å². The zero-order chi connectivity index (χ0) is 25.4. The summed E-state index contributed by atoms with van der Waals surface area (Å²) in [6, 6.07) is 12.6. The Morgan fingerprint density at radius 2 is 1.95 bits per heavy atom. The number of H-pyrrole nitrogens is 1. The molecular weight excluding hydrogens is 514 g/mol. The predicted octanol–water partition coefficient (Wildman–Crippen LogP) is -0.520. The number of fused-ring (bicyclic) bond motifs is 1. The fourth-order valence-electron chi connectivity index (χ4n) is 4.50. The zero-order valence-corrected chi connectivity index (χ0v) is 21.6. The van der Waals surface area contributed by atoms with Crippen LogP contribution in [0.3, 0.4) is 0 Å². The van der Waals surface area contributed by atoms with Gasteiger partial charge in [-0.05, 0) is 38.5 Å². The molecule has 1 aliphatic rings. The topological polar surface area (TPSA) is 161 Å². The van der Waals surface area contributed by atoms with Gasteiger partial charge in [0.15, 0.2) is 0 Å². The number of hydrogen-bond donors (Lipinski definition) is 5. The van der Waals surface area contributed by atoms with Gasteiger partial charge in [0.25, 0.3) is 0 Å². The van der Waals surface area contributed by atoms with Crippen molar-refractivity contribution >= 4 is 39.0 Å². The Bertz CT molecular complexity index is 1420. The standard InChI is InChI=1S/C25H25N7O3S.ClH/c1-25(2,35)16-10-18(21(34)20(16)33)30-22-15(23-31-17-5-3-4-6-19(17)36-23)12-28-24(32-22)29-13-7-8-27-14(9-13)11-26;/h3-9,12,16,18,20-21,33-35H,10H2,1-2H3,(H2,27,28,29,30,32);1H/t16-,18+,20+,21-;/m0./s1. The monoisotopic (exact) mass is 539 g/mol. The summed E-state index contributed by atoms with van der Waals surface area (Å²) in [4.78, 5) is 16.6. The second kappa shape index (κ2) is 10.5. The second-order valence-electron chi connectivity index (χ2n) is 9.39. The van der Waals surface area contributed by atoms with Gasteiger partial charge in [-0.1, -0.05) is 17.1 Å². The minimum absolute atomic E-state index is 0. The van der Waals surface area contributed by atoms with Gasteiger partial charge in [-0.2, -0.15) is 5.26 Å². The van der Waals surface area contributed by atoms with E-state index in [-0.39, 0.29) is 18.1 Å². The van der Waals surface area contributed by atoms with Crippen LogP contribution in [0.2, 0.25) is 0 Å². The Hall–Kier alpha value is -3.40. The summed E-state index contributed by atoms with van der Waals surface area (Å²) in [5, 5.41) is 48.1. The number of aliphatic hydroxyl groups excluding tert-OH is 2. The van der Waals surface area contributed by atoms with E-state index < -0.39 is 29.8 Å². The van der Waals surface area contributed by atoms with Crippen molar-refractivity contribution in [3.8, 4) is 16.6 Å². The Morgan fingerprint density at radius 1 is 1.16 bits per heavy atom. The number of hydrogen-bond acceptors (Lipinski definition) is 10. The van der Waals surface area contributed by atoms with E-state index in [0.29, 0.717) is 29.4 Å². The van der Waals surface area contributed by atoms with E-state index >= 15 is 0 Å². The summed E-state index contributed by atoms with van der Waals surface area (Å²) in [5.41, 5.74) is 1.30. The van der Waals surface area contributed by atoms with Crippen LogP contribution >= 0.6 is 11.3 Å². The number of nitrogens with zero attached hydrogens (tertiary/aromatic N) is 4. The molecule has 1 aromatic carbocycles. The molecule has 0 bridgehead atoms. The second-order valence-corrected chi connectivity index (χ2v) is 10.4. The van der Waals surface area contributed by atoms with Crippen molar-refractivity contribution < 1.29 is 32.7 Å². The third kappa shape index (κ3) is 5.49. The maximum Gasteiger partial charge on any atom is 0.396 e. The molecule has 6 N–H and O–H groups in total. The van der Waals surface area contributed by atoms with E-state index in [1.54, 1.807) is 32.2 Å². The maximum atomic E-state index is 10.8. The van der Waals surface area contributed by atoms with Gasteiger partial charge in [0.05, 0.1) is 34.2 Å². The van der Waals surface area contributed by atoms with Crippen LogP contribution in [0.1, 0.15) is 26.0 Å². The number of aromatic nitrogens is 4. The minimum atomic E-state index is -1.16. The lowest BCUT2D eigenvalue weighted by molar-refractivity contribution is -0.363. The van der Waals surface area contributed by atoms with E-state index in [4.69, 9.17) is 15.2 Å². The summed E-state index contributed by atoms with van der Waals surface area (Å²) in [7, 11) is 0. The SMILES string of the molecule is CC(C)(O)[C@H]1C[C@@H](Nc2nc(Nc3ccnc(C#N)c3)[nH+]cc2-c2nc3ccccc3s2)[C@H](O)[C@@H]1O.[Cl-]. The number of aromatic amines is 1. The molecule has 1 saturated carbocycles. The third-order valence-corrected chi connectivity index (χ3v) is 7.47. The average molecular weight is 540 g/mol.